The average Bonchev–Trinajstić information content (AvgIpc) is 3.44. The van der Waals surface area contributed by atoms with Crippen molar-refractivity contribution in [2.45, 2.75) is 62.3 Å². The number of rotatable bonds is 6. The molecule has 146 valence electrons. The van der Waals surface area contributed by atoms with Crippen molar-refractivity contribution in [2.24, 2.45) is 5.92 Å². The van der Waals surface area contributed by atoms with Gasteiger partial charge in [0, 0.05) is 19.3 Å². The number of sulfonamides is 1. The second-order valence-electron chi connectivity index (χ2n) is 6.95. The van der Waals surface area contributed by atoms with Gasteiger partial charge in [0.05, 0.1) is 12.2 Å². The topological polar surface area (TPSA) is 59.5 Å². The number of ether oxygens (including phenoxy) is 1. The number of aromatic nitrogens is 1. The third-order valence-electron chi connectivity index (χ3n) is 4.84. The van der Waals surface area contributed by atoms with Crippen LogP contribution in [0.2, 0.25) is 0 Å². The van der Waals surface area contributed by atoms with Crippen molar-refractivity contribution in [1.29, 1.82) is 0 Å². The van der Waals surface area contributed by atoms with Crippen LogP contribution in [0.5, 0.6) is 0 Å². The Morgan fingerprint density at radius 2 is 2.04 bits per heavy atom. The van der Waals surface area contributed by atoms with E-state index in [0.717, 1.165) is 42.3 Å². The molecule has 3 rings (SSSR count). The Morgan fingerprint density at radius 3 is 2.65 bits per heavy atom. The van der Waals surface area contributed by atoms with Crippen LogP contribution in [-0.2, 0) is 20.9 Å². The van der Waals surface area contributed by atoms with Crippen molar-refractivity contribution in [2.75, 3.05) is 13.1 Å². The number of pyridine rings is 1. The maximum Gasteiger partial charge on any atom is 0.434 e. The lowest BCUT2D eigenvalue weighted by molar-refractivity contribution is -0.143. The van der Waals surface area contributed by atoms with Crippen LogP contribution in [0.25, 0.3) is 0 Å². The van der Waals surface area contributed by atoms with Crippen LogP contribution in [0.1, 0.15) is 44.7 Å². The third-order valence-corrected chi connectivity index (χ3v) is 6.71. The summed E-state index contributed by atoms with van der Waals surface area (Å²) >= 11 is 0. The van der Waals surface area contributed by atoms with Gasteiger partial charge in [-0.2, -0.15) is 17.5 Å². The van der Waals surface area contributed by atoms with E-state index in [1.54, 1.807) is 0 Å². The Balaban J connectivity index is 1.90. The van der Waals surface area contributed by atoms with Crippen molar-refractivity contribution in [3.8, 4) is 0 Å². The molecule has 2 aliphatic rings. The Kier molecular flexibility index (Phi) is 5.60. The molecule has 9 heteroatoms. The standard InChI is InChI=1S/C17H23F3N2O3S/c1-2-3-5-13-10-22(11-14(25-13)12-7-8-12)26(23,24)15-6-4-9-21-16(15)17(18,19)20/h4,6,9,12-14H,2-3,5,7-8,10-11H2,1H3/t13-,14-/m1/s1. The summed E-state index contributed by atoms with van der Waals surface area (Å²) in [4.78, 5) is 2.50. The molecule has 1 aromatic heterocycles. The molecule has 1 aliphatic heterocycles. The third kappa shape index (κ3) is 4.20. The van der Waals surface area contributed by atoms with Crippen LogP contribution in [0, 0.1) is 5.92 Å². The van der Waals surface area contributed by atoms with Gasteiger partial charge < -0.3 is 4.74 Å². The van der Waals surface area contributed by atoms with E-state index in [4.69, 9.17) is 4.74 Å². The highest BCUT2D eigenvalue weighted by atomic mass is 32.2. The Morgan fingerprint density at radius 1 is 1.31 bits per heavy atom. The zero-order valence-corrected chi connectivity index (χ0v) is 15.4. The molecule has 26 heavy (non-hydrogen) atoms. The van der Waals surface area contributed by atoms with Gasteiger partial charge in [-0.25, -0.2) is 8.42 Å². The smallest absolute Gasteiger partial charge is 0.372 e. The van der Waals surface area contributed by atoms with E-state index in [2.05, 4.69) is 4.98 Å². The summed E-state index contributed by atoms with van der Waals surface area (Å²) in [5.74, 6) is 0.299. The molecule has 0 aromatic carbocycles. The normalized spacial score (nSPS) is 25.4. The maximum atomic E-state index is 13.2. The first-order valence-electron chi connectivity index (χ1n) is 8.91. The van der Waals surface area contributed by atoms with Gasteiger partial charge in [-0.1, -0.05) is 19.8 Å². The molecule has 1 aliphatic carbocycles. The highest BCUT2D eigenvalue weighted by Gasteiger charge is 2.45. The summed E-state index contributed by atoms with van der Waals surface area (Å²) in [6.07, 6.45) is 0.0790. The van der Waals surface area contributed by atoms with E-state index < -0.39 is 26.8 Å². The van der Waals surface area contributed by atoms with Gasteiger partial charge in [0.15, 0.2) is 5.69 Å². The number of unbranched alkanes of at least 4 members (excludes halogenated alkanes) is 1. The summed E-state index contributed by atoms with van der Waals surface area (Å²) in [7, 11) is -4.30. The zero-order valence-electron chi connectivity index (χ0n) is 14.6. The lowest BCUT2D eigenvalue weighted by Crippen LogP contribution is -2.51. The molecule has 2 heterocycles. The highest BCUT2D eigenvalue weighted by Crippen LogP contribution is 2.39. The quantitative estimate of drug-likeness (QED) is 0.744. The first-order chi connectivity index (χ1) is 12.2. The fourth-order valence-corrected chi connectivity index (χ4v) is 4.95. The first-order valence-corrected chi connectivity index (χ1v) is 10.3. The number of hydrogen-bond acceptors (Lipinski definition) is 4. The van der Waals surface area contributed by atoms with Gasteiger partial charge in [0.2, 0.25) is 10.0 Å². The number of alkyl halides is 3. The van der Waals surface area contributed by atoms with Crippen LogP contribution in [0.3, 0.4) is 0 Å². The lowest BCUT2D eigenvalue weighted by Gasteiger charge is -2.38. The SMILES string of the molecule is CCCC[C@@H]1CN(S(=O)(=O)c2cccnc2C(F)(F)F)C[C@H](C2CC2)O1. The molecule has 0 radical (unpaired) electrons. The molecule has 0 spiro atoms. The van der Waals surface area contributed by atoms with Gasteiger partial charge in [0.1, 0.15) is 4.90 Å². The summed E-state index contributed by atoms with van der Waals surface area (Å²) < 4.78 is 72.9. The van der Waals surface area contributed by atoms with Crippen LogP contribution >= 0.6 is 0 Å². The van der Waals surface area contributed by atoms with Crippen LogP contribution < -0.4 is 0 Å². The molecule has 1 saturated carbocycles. The van der Waals surface area contributed by atoms with Gasteiger partial charge in [-0.3, -0.25) is 4.98 Å². The van der Waals surface area contributed by atoms with E-state index >= 15 is 0 Å². The van der Waals surface area contributed by atoms with Crippen LogP contribution in [0.4, 0.5) is 13.2 Å². The average molecular weight is 392 g/mol. The Labute approximate surface area is 151 Å². The van der Waals surface area contributed by atoms with Gasteiger partial charge in [-0.15, -0.1) is 0 Å². The molecular formula is C17H23F3N2O3S. The summed E-state index contributed by atoms with van der Waals surface area (Å²) in [6.45, 7) is 2.21. The second-order valence-corrected chi connectivity index (χ2v) is 8.85. The fraction of sp³-hybridized carbons (Fsp3) is 0.706. The molecule has 0 bridgehead atoms. The predicted octanol–water partition coefficient (Wildman–Crippen LogP) is 3.46. The van der Waals surface area contributed by atoms with Crippen LogP contribution in [-0.4, -0.2) is 43.0 Å². The van der Waals surface area contributed by atoms with E-state index in [-0.39, 0.29) is 25.3 Å². The maximum absolute atomic E-state index is 13.2. The van der Waals surface area contributed by atoms with Crippen molar-refractivity contribution in [1.82, 2.24) is 9.29 Å². The van der Waals surface area contributed by atoms with E-state index in [0.29, 0.717) is 12.3 Å². The molecular weight excluding hydrogens is 369 g/mol. The number of halogens is 3. The summed E-state index contributed by atoms with van der Waals surface area (Å²) in [6, 6.07) is 2.20. The predicted molar refractivity (Wildman–Crippen MR) is 88.9 cm³/mol. The number of morpholine rings is 1. The first kappa shape index (κ1) is 19.6. The Bertz CT molecular complexity index is 735. The van der Waals surface area contributed by atoms with Gasteiger partial charge in [0.25, 0.3) is 0 Å². The molecule has 2 fully saturated rings. The fourth-order valence-electron chi connectivity index (χ4n) is 3.30. The zero-order chi connectivity index (χ0) is 18.9. The van der Waals surface area contributed by atoms with Crippen LogP contribution in [0.15, 0.2) is 23.2 Å². The van der Waals surface area contributed by atoms with Crippen molar-refractivity contribution >= 4 is 10.0 Å². The monoisotopic (exact) mass is 392 g/mol. The second kappa shape index (κ2) is 7.44. The van der Waals surface area contributed by atoms with Gasteiger partial charge in [-0.05, 0) is 37.3 Å². The van der Waals surface area contributed by atoms with Gasteiger partial charge >= 0.3 is 6.18 Å². The summed E-state index contributed by atoms with van der Waals surface area (Å²) in [5, 5.41) is 0. The van der Waals surface area contributed by atoms with Crippen molar-refractivity contribution in [3.63, 3.8) is 0 Å². The number of nitrogens with zero attached hydrogens (tertiary/aromatic N) is 2. The minimum atomic E-state index is -4.83. The van der Waals surface area contributed by atoms with E-state index in [1.165, 1.54) is 6.07 Å². The van der Waals surface area contributed by atoms with Crippen molar-refractivity contribution < 1.29 is 26.3 Å². The Hall–Kier alpha value is -1.19. The van der Waals surface area contributed by atoms with Crippen molar-refractivity contribution in [3.05, 3.63) is 24.0 Å². The minimum Gasteiger partial charge on any atom is -0.372 e. The van der Waals surface area contributed by atoms with E-state index in [9.17, 15) is 21.6 Å². The molecule has 1 saturated heterocycles. The lowest BCUT2D eigenvalue weighted by atomic mass is 10.1. The molecule has 0 amide bonds. The van der Waals surface area contributed by atoms with E-state index in [1.807, 2.05) is 6.92 Å². The molecule has 2 atom stereocenters. The molecule has 0 N–H and O–H groups in total. The largest absolute Gasteiger partial charge is 0.434 e. The molecule has 0 unspecified atom stereocenters. The summed E-state index contributed by atoms with van der Waals surface area (Å²) in [5.41, 5.74) is -1.36. The minimum absolute atomic E-state index is 0.0811. The molecule has 1 aromatic rings. The highest BCUT2D eigenvalue weighted by molar-refractivity contribution is 7.89. The number of hydrogen-bond donors (Lipinski definition) is 0. The molecule has 5 nitrogen and oxygen atoms in total.